The van der Waals surface area contributed by atoms with Gasteiger partial charge < -0.3 is 14.8 Å². The van der Waals surface area contributed by atoms with Crippen molar-refractivity contribution >= 4 is 5.91 Å². The molecule has 1 aliphatic heterocycles. The van der Waals surface area contributed by atoms with Crippen LogP contribution in [0.15, 0.2) is 24.3 Å². The molecule has 0 bridgehead atoms. The molecule has 0 saturated heterocycles. The minimum atomic E-state index is -0.0478. The van der Waals surface area contributed by atoms with E-state index in [1.165, 1.54) is 0 Å². The van der Waals surface area contributed by atoms with Crippen molar-refractivity contribution in [3.8, 4) is 11.5 Å². The van der Waals surface area contributed by atoms with Crippen molar-refractivity contribution in [2.75, 3.05) is 33.3 Å². The second kappa shape index (κ2) is 7.88. The van der Waals surface area contributed by atoms with Gasteiger partial charge in [0, 0.05) is 13.1 Å². The molecule has 5 heteroatoms. The number of amides is 1. The summed E-state index contributed by atoms with van der Waals surface area (Å²) in [5, 5.41) is 2.91. The van der Waals surface area contributed by atoms with Crippen LogP contribution in [0.25, 0.3) is 0 Å². The summed E-state index contributed by atoms with van der Waals surface area (Å²) in [4.78, 5) is 13.7. The van der Waals surface area contributed by atoms with E-state index in [2.05, 4.69) is 12.2 Å². The molecule has 1 atom stereocenters. The molecule has 0 fully saturated rings. The molecule has 1 amide bonds. The largest absolute Gasteiger partial charge is 0.486 e. The van der Waals surface area contributed by atoms with Gasteiger partial charge in [-0.15, -0.1) is 0 Å². The summed E-state index contributed by atoms with van der Waals surface area (Å²) in [7, 11) is 1.92. The molecule has 1 unspecified atom stereocenters. The summed E-state index contributed by atoms with van der Waals surface area (Å²) in [5.41, 5.74) is 0. The van der Waals surface area contributed by atoms with E-state index in [0.29, 0.717) is 19.7 Å². The van der Waals surface area contributed by atoms with Gasteiger partial charge in [0.1, 0.15) is 12.7 Å². The van der Waals surface area contributed by atoms with E-state index in [0.717, 1.165) is 30.9 Å². The number of ether oxygens (including phenoxy) is 2. The van der Waals surface area contributed by atoms with Crippen molar-refractivity contribution in [3.05, 3.63) is 24.3 Å². The molecule has 1 aromatic carbocycles. The maximum atomic E-state index is 11.7. The molecule has 1 heterocycles. The number of benzene rings is 1. The van der Waals surface area contributed by atoms with Crippen LogP contribution in [-0.4, -0.2) is 50.2 Å². The van der Waals surface area contributed by atoms with Crippen molar-refractivity contribution in [2.24, 2.45) is 0 Å². The van der Waals surface area contributed by atoms with Crippen LogP contribution < -0.4 is 14.8 Å². The lowest BCUT2D eigenvalue weighted by Crippen LogP contribution is -2.43. The van der Waals surface area contributed by atoms with E-state index in [1.54, 1.807) is 0 Å². The lowest BCUT2D eigenvalue weighted by atomic mass is 10.2. The van der Waals surface area contributed by atoms with Crippen LogP contribution in [0.4, 0.5) is 0 Å². The predicted molar refractivity (Wildman–Crippen MR) is 81.8 cm³/mol. The summed E-state index contributed by atoms with van der Waals surface area (Å²) in [5.74, 6) is 1.62. The lowest BCUT2D eigenvalue weighted by Gasteiger charge is -2.29. The summed E-state index contributed by atoms with van der Waals surface area (Å²) < 4.78 is 11.6. The number of nitrogens with zero attached hydrogens (tertiary/aromatic N) is 1. The summed E-state index contributed by atoms with van der Waals surface area (Å²) in [6, 6.07) is 7.65. The molecule has 2 rings (SSSR count). The van der Waals surface area contributed by atoms with E-state index in [-0.39, 0.29) is 12.0 Å². The SMILES string of the molecule is CCCCNC(=O)CN(C)CC1COc2ccccc2O1. The number of para-hydroxylation sites is 2. The summed E-state index contributed by atoms with van der Waals surface area (Å²) in [6.07, 6.45) is 2.06. The first-order valence-corrected chi connectivity index (χ1v) is 7.52. The Morgan fingerprint density at radius 2 is 2.14 bits per heavy atom. The zero-order valence-corrected chi connectivity index (χ0v) is 12.8. The molecule has 0 aliphatic carbocycles. The molecule has 1 aromatic rings. The van der Waals surface area contributed by atoms with Gasteiger partial charge >= 0.3 is 0 Å². The number of hydrogen-bond acceptors (Lipinski definition) is 4. The van der Waals surface area contributed by atoms with E-state index in [4.69, 9.17) is 9.47 Å². The second-order valence-corrected chi connectivity index (χ2v) is 5.40. The quantitative estimate of drug-likeness (QED) is 0.777. The first-order valence-electron chi connectivity index (χ1n) is 7.52. The van der Waals surface area contributed by atoms with Gasteiger partial charge in [0.15, 0.2) is 11.5 Å². The van der Waals surface area contributed by atoms with Gasteiger partial charge in [-0.05, 0) is 25.6 Å². The fourth-order valence-corrected chi connectivity index (χ4v) is 2.27. The maximum Gasteiger partial charge on any atom is 0.234 e. The Morgan fingerprint density at radius 3 is 2.90 bits per heavy atom. The maximum absolute atomic E-state index is 11.7. The molecule has 0 aromatic heterocycles. The van der Waals surface area contributed by atoms with Gasteiger partial charge in [-0.3, -0.25) is 9.69 Å². The van der Waals surface area contributed by atoms with Gasteiger partial charge in [-0.1, -0.05) is 25.5 Å². The third-order valence-corrected chi connectivity index (χ3v) is 3.35. The fourth-order valence-electron chi connectivity index (χ4n) is 2.27. The third-order valence-electron chi connectivity index (χ3n) is 3.35. The number of unbranched alkanes of at least 4 members (excludes halogenated alkanes) is 1. The molecule has 1 aliphatic rings. The summed E-state index contributed by atoms with van der Waals surface area (Å²) in [6.45, 7) is 4.41. The lowest BCUT2D eigenvalue weighted by molar-refractivity contribution is -0.122. The van der Waals surface area contributed by atoms with Crippen molar-refractivity contribution in [3.63, 3.8) is 0 Å². The van der Waals surface area contributed by atoms with E-state index in [9.17, 15) is 4.79 Å². The van der Waals surface area contributed by atoms with Crippen molar-refractivity contribution in [1.82, 2.24) is 10.2 Å². The first-order chi connectivity index (χ1) is 10.2. The van der Waals surface area contributed by atoms with Gasteiger partial charge in [-0.25, -0.2) is 0 Å². The number of fused-ring (bicyclic) bond motifs is 1. The number of rotatable bonds is 7. The van der Waals surface area contributed by atoms with Crippen molar-refractivity contribution < 1.29 is 14.3 Å². The van der Waals surface area contributed by atoms with Crippen LogP contribution >= 0.6 is 0 Å². The van der Waals surface area contributed by atoms with Gasteiger partial charge in [-0.2, -0.15) is 0 Å². The average Bonchev–Trinajstić information content (AvgIpc) is 2.47. The zero-order valence-electron chi connectivity index (χ0n) is 12.8. The molecule has 21 heavy (non-hydrogen) atoms. The molecule has 0 radical (unpaired) electrons. The van der Waals surface area contributed by atoms with E-state index < -0.39 is 0 Å². The normalized spacial score (nSPS) is 16.8. The number of likely N-dealkylation sites (N-methyl/N-ethyl adjacent to an activating group) is 1. The second-order valence-electron chi connectivity index (χ2n) is 5.40. The Hall–Kier alpha value is -1.75. The first kappa shape index (κ1) is 15.6. The molecule has 0 spiro atoms. The Morgan fingerprint density at radius 1 is 1.38 bits per heavy atom. The monoisotopic (exact) mass is 292 g/mol. The highest BCUT2D eigenvalue weighted by Gasteiger charge is 2.22. The van der Waals surface area contributed by atoms with Crippen LogP contribution in [0, 0.1) is 0 Å². The Kier molecular flexibility index (Phi) is 5.87. The molecular weight excluding hydrogens is 268 g/mol. The fraction of sp³-hybridized carbons (Fsp3) is 0.562. The van der Waals surface area contributed by atoms with Crippen LogP contribution in [0.2, 0.25) is 0 Å². The smallest absolute Gasteiger partial charge is 0.234 e. The van der Waals surface area contributed by atoms with Gasteiger partial charge in [0.25, 0.3) is 0 Å². The topological polar surface area (TPSA) is 50.8 Å². The van der Waals surface area contributed by atoms with E-state index in [1.807, 2.05) is 36.2 Å². The third kappa shape index (κ3) is 4.93. The Balaban J connectivity index is 1.74. The number of hydrogen-bond donors (Lipinski definition) is 1. The van der Waals surface area contributed by atoms with Crippen LogP contribution in [0.5, 0.6) is 11.5 Å². The molecule has 1 N–H and O–H groups in total. The highest BCUT2D eigenvalue weighted by atomic mass is 16.6. The number of nitrogens with one attached hydrogen (secondary N) is 1. The summed E-state index contributed by atoms with van der Waals surface area (Å²) >= 11 is 0. The van der Waals surface area contributed by atoms with Crippen LogP contribution in [0.3, 0.4) is 0 Å². The number of carbonyl (C=O) groups is 1. The molecular formula is C16H24N2O3. The number of carbonyl (C=O) groups excluding carboxylic acids is 1. The van der Waals surface area contributed by atoms with Gasteiger partial charge in [0.05, 0.1) is 6.54 Å². The van der Waals surface area contributed by atoms with Crippen molar-refractivity contribution in [1.29, 1.82) is 0 Å². The highest BCUT2D eigenvalue weighted by molar-refractivity contribution is 5.77. The van der Waals surface area contributed by atoms with Crippen LogP contribution in [-0.2, 0) is 4.79 Å². The van der Waals surface area contributed by atoms with Crippen molar-refractivity contribution in [2.45, 2.75) is 25.9 Å². The average molecular weight is 292 g/mol. The Labute approximate surface area is 126 Å². The van der Waals surface area contributed by atoms with E-state index >= 15 is 0 Å². The molecule has 116 valence electrons. The van der Waals surface area contributed by atoms with Gasteiger partial charge in [0.2, 0.25) is 5.91 Å². The molecule has 5 nitrogen and oxygen atoms in total. The molecule has 0 saturated carbocycles. The standard InChI is InChI=1S/C16H24N2O3/c1-3-4-9-17-16(19)11-18(2)10-13-12-20-14-7-5-6-8-15(14)21-13/h5-8,13H,3-4,9-12H2,1-2H3,(H,17,19). The highest BCUT2D eigenvalue weighted by Crippen LogP contribution is 2.30. The zero-order chi connectivity index (χ0) is 15.1. The minimum Gasteiger partial charge on any atom is -0.486 e. The minimum absolute atomic E-state index is 0.0478. The van der Waals surface area contributed by atoms with Crippen LogP contribution in [0.1, 0.15) is 19.8 Å². The Bertz CT molecular complexity index is 465. The predicted octanol–water partition coefficient (Wildman–Crippen LogP) is 1.67.